The molecule has 124 valence electrons. The fourth-order valence-corrected chi connectivity index (χ4v) is 1.77. The third kappa shape index (κ3) is 5.60. The summed E-state index contributed by atoms with van der Waals surface area (Å²) in [6.45, 7) is 4.99. The zero-order valence-corrected chi connectivity index (χ0v) is 13.5. The van der Waals surface area contributed by atoms with Gasteiger partial charge >= 0.3 is 6.03 Å². The van der Waals surface area contributed by atoms with Gasteiger partial charge in [0.15, 0.2) is 0 Å². The molecule has 7 nitrogen and oxygen atoms in total. The summed E-state index contributed by atoms with van der Waals surface area (Å²) in [5.74, 6) is 1.47. The highest BCUT2D eigenvalue weighted by molar-refractivity contribution is 5.75. The Balaban J connectivity index is 1.91. The smallest absolute Gasteiger partial charge is 0.404 e. The second-order valence-corrected chi connectivity index (χ2v) is 4.54. The number of hydrogen-bond acceptors (Lipinski definition) is 5. The first-order chi connectivity index (χ1) is 11.7. The first-order valence-corrected chi connectivity index (χ1v) is 7.54. The lowest BCUT2D eigenvalue weighted by Crippen LogP contribution is -1.89. The number of azo groups is 2. The molecule has 0 fully saturated rings. The highest BCUT2D eigenvalue weighted by Crippen LogP contribution is 2.20. The Hall–Kier alpha value is -3.09. The summed E-state index contributed by atoms with van der Waals surface area (Å²) in [6.07, 6.45) is 0. The molecule has 0 atom stereocenters. The molecule has 7 heteroatoms. The molecule has 0 radical (unpaired) electrons. The number of hydrogen-bond donors (Lipinski definition) is 0. The van der Waals surface area contributed by atoms with E-state index in [1.54, 1.807) is 48.5 Å². The molecule has 2 aromatic carbocycles. The van der Waals surface area contributed by atoms with E-state index in [1.165, 1.54) is 0 Å². The SMILES string of the molecule is CCOc1ccc(N=NC(=O)N=Nc2ccc(OCC)cc2)cc1. The number of urea groups is 1. The maximum atomic E-state index is 11.6. The quantitative estimate of drug-likeness (QED) is 0.659. The topological polar surface area (TPSA) is 85.0 Å². The van der Waals surface area contributed by atoms with Gasteiger partial charge in [0.1, 0.15) is 11.5 Å². The molecule has 0 spiro atoms. The maximum Gasteiger partial charge on any atom is 0.404 e. The number of nitrogens with zero attached hydrogens (tertiary/aromatic N) is 4. The molecule has 2 rings (SSSR count). The second-order valence-electron chi connectivity index (χ2n) is 4.54. The molecule has 24 heavy (non-hydrogen) atoms. The average Bonchev–Trinajstić information content (AvgIpc) is 2.61. The van der Waals surface area contributed by atoms with E-state index in [1.807, 2.05) is 13.8 Å². The Bertz CT molecular complexity index is 648. The van der Waals surface area contributed by atoms with Crippen LogP contribution in [0.2, 0.25) is 0 Å². The largest absolute Gasteiger partial charge is 0.494 e. The van der Waals surface area contributed by atoms with Gasteiger partial charge in [-0.05, 0) is 62.4 Å². The summed E-state index contributed by atoms with van der Waals surface area (Å²) in [6, 6.07) is 13.0. The fourth-order valence-electron chi connectivity index (χ4n) is 1.77. The van der Waals surface area contributed by atoms with Crippen LogP contribution in [0, 0.1) is 0 Å². The molecule has 0 saturated heterocycles. The monoisotopic (exact) mass is 326 g/mol. The van der Waals surface area contributed by atoms with E-state index in [4.69, 9.17) is 9.47 Å². The molecule has 0 N–H and O–H groups in total. The molecule has 0 aromatic heterocycles. The second kappa shape index (κ2) is 9.14. The van der Waals surface area contributed by atoms with E-state index >= 15 is 0 Å². The normalized spacial score (nSPS) is 11.1. The number of ether oxygens (including phenoxy) is 2. The van der Waals surface area contributed by atoms with Crippen molar-refractivity contribution in [3.05, 3.63) is 48.5 Å². The van der Waals surface area contributed by atoms with Crippen molar-refractivity contribution in [3.63, 3.8) is 0 Å². The number of carbonyl (C=O) groups excluding carboxylic acids is 1. The van der Waals surface area contributed by atoms with Gasteiger partial charge < -0.3 is 9.47 Å². The zero-order valence-electron chi connectivity index (χ0n) is 13.5. The molecule has 2 aromatic rings. The van der Waals surface area contributed by atoms with E-state index in [0.29, 0.717) is 24.6 Å². The van der Waals surface area contributed by atoms with Gasteiger partial charge in [-0.2, -0.15) is 0 Å². The van der Waals surface area contributed by atoms with Crippen LogP contribution in [0.5, 0.6) is 11.5 Å². The molecule has 0 unspecified atom stereocenters. The molecule has 0 saturated carbocycles. The predicted molar refractivity (Wildman–Crippen MR) is 89.7 cm³/mol. The van der Waals surface area contributed by atoms with Gasteiger partial charge in [0.2, 0.25) is 0 Å². The first-order valence-electron chi connectivity index (χ1n) is 7.54. The summed E-state index contributed by atoms with van der Waals surface area (Å²) in [5, 5.41) is 14.6. The van der Waals surface area contributed by atoms with Gasteiger partial charge in [0.05, 0.1) is 24.6 Å². The van der Waals surface area contributed by atoms with Crippen molar-refractivity contribution in [2.24, 2.45) is 20.5 Å². The molecule has 0 heterocycles. The summed E-state index contributed by atoms with van der Waals surface area (Å²) >= 11 is 0. The molecule has 2 amide bonds. The lowest BCUT2D eigenvalue weighted by molar-refractivity contribution is 0.254. The van der Waals surface area contributed by atoms with E-state index in [2.05, 4.69) is 20.5 Å². The molecular weight excluding hydrogens is 308 g/mol. The number of rotatable bonds is 6. The Morgan fingerprint density at radius 2 is 1.12 bits per heavy atom. The summed E-state index contributed by atoms with van der Waals surface area (Å²) < 4.78 is 10.6. The van der Waals surface area contributed by atoms with Crippen LogP contribution in [0.1, 0.15) is 13.8 Å². The molecule has 0 aliphatic carbocycles. The zero-order chi connectivity index (χ0) is 17.2. The van der Waals surface area contributed by atoms with Crippen LogP contribution in [-0.4, -0.2) is 19.2 Å². The Morgan fingerprint density at radius 1 is 0.750 bits per heavy atom. The first kappa shape index (κ1) is 17.3. The third-order valence-corrected chi connectivity index (χ3v) is 2.80. The maximum absolute atomic E-state index is 11.6. The standard InChI is InChI=1S/C17H18N4O3/c1-3-23-15-9-5-13(6-10-15)18-20-17(22)21-19-14-7-11-16(12-8-14)24-4-2/h5-12H,3-4H2,1-2H3. The van der Waals surface area contributed by atoms with Gasteiger partial charge in [0.25, 0.3) is 0 Å². The van der Waals surface area contributed by atoms with Crippen LogP contribution in [0.15, 0.2) is 69.0 Å². The van der Waals surface area contributed by atoms with E-state index < -0.39 is 6.03 Å². The lowest BCUT2D eigenvalue weighted by atomic mass is 10.3. The molecule has 0 aliphatic heterocycles. The minimum atomic E-state index is -0.780. The Kier molecular flexibility index (Phi) is 6.58. The van der Waals surface area contributed by atoms with E-state index in [9.17, 15) is 4.79 Å². The molecule has 0 aliphatic rings. The van der Waals surface area contributed by atoms with Crippen molar-refractivity contribution in [1.82, 2.24) is 0 Å². The fraction of sp³-hybridized carbons (Fsp3) is 0.235. The summed E-state index contributed by atoms with van der Waals surface area (Å²) in [4.78, 5) is 11.6. The summed E-state index contributed by atoms with van der Waals surface area (Å²) in [7, 11) is 0. The number of benzene rings is 2. The van der Waals surface area contributed by atoms with Gasteiger partial charge in [-0.25, -0.2) is 4.79 Å². The highest BCUT2D eigenvalue weighted by atomic mass is 16.5. The van der Waals surface area contributed by atoms with Crippen LogP contribution >= 0.6 is 0 Å². The van der Waals surface area contributed by atoms with Crippen LogP contribution < -0.4 is 9.47 Å². The minimum absolute atomic E-state index is 0.531. The van der Waals surface area contributed by atoms with Crippen molar-refractivity contribution in [2.75, 3.05) is 13.2 Å². The highest BCUT2D eigenvalue weighted by Gasteiger charge is 1.98. The van der Waals surface area contributed by atoms with Crippen LogP contribution in [0.4, 0.5) is 16.2 Å². The van der Waals surface area contributed by atoms with Gasteiger partial charge in [-0.15, -0.1) is 10.2 Å². The van der Waals surface area contributed by atoms with Crippen LogP contribution in [0.3, 0.4) is 0 Å². The van der Waals surface area contributed by atoms with Crippen molar-refractivity contribution in [2.45, 2.75) is 13.8 Å². The van der Waals surface area contributed by atoms with Crippen molar-refractivity contribution >= 4 is 17.4 Å². The van der Waals surface area contributed by atoms with Gasteiger partial charge in [0, 0.05) is 0 Å². The van der Waals surface area contributed by atoms with Crippen molar-refractivity contribution in [1.29, 1.82) is 0 Å². The number of carbonyl (C=O) groups is 1. The van der Waals surface area contributed by atoms with Gasteiger partial charge in [-0.3, -0.25) is 0 Å². The van der Waals surface area contributed by atoms with Crippen LogP contribution in [0.25, 0.3) is 0 Å². The number of amides is 2. The minimum Gasteiger partial charge on any atom is -0.494 e. The van der Waals surface area contributed by atoms with Gasteiger partial charge in [-0.1, -0.05) is 10.2 Å². The van der Waals surface area contributed by atoms with Crippen molar-refractivity contribution in [3.8, 4) is 11.5 Å². The van der Waals surface area contributed by atoms with Crippen molar-refractivity contribution < 1.29 is 14.3 Å². The van der Waals surface area contributed by atoms with Crippen LogP contribution in [-0.2, 0) is 0 Å². The lowest BCUT2D eigenvalue weighted by Gasteiger charge is -2.01. The average molecular weight is 326 g/mol. The Morgan fingerprint density at radius 3 is 1.46 bits per heavy atom. The Labute approximate surface area is 140 Å². The molecule has 0 bridgehead atoms. The van der Waals surface area contributed by atoms with E-state index in [0.717, 1.165) is 11.5 Å². The van der Waals surface area contributed by atoms with E-state index in [-0.39, 0.29) is 0 Å². The predicted octanol–water partition coefficient (Wildman–Crippen LogP) is 5.47. The third-order valence-electron chi connectivity index (χ3n) is 2.80. The summed E-state index contributed by atoms with van der Waals surface area (Å²) in [5.41, 5.74) is 1.06. The molecular formula is C17H18N4O3.